The summed E-state index contributed by atoms with van der Waals surface area (Å²) in [6, 6.07) is 0. The molecular formula is C12H17N3O. The number of nitrogens with zero attached hydrogens (tertiary/aromatic N) is 2. The number of aryl methyl sites for hydroxylation is 2. The van der Waals surface area contributed by atoms with Crippen LogP contribution >= 0.6 is 0 Å². The number of terminal acetylenes is 1. The normalized spacial score (nSPS) is 9.88. The Morgan fingerprint density at radius 1 is 1.56 bits per heavy atom. The van der Waals surface area contributed by atoms with Crippen LogP contribution in [0.1, 0.15) is 34.6 Å². The molecule has 1 rings (SSSR count). The Balaban J connectivity index is 2.63. The van der Waals surface area contributed by atoms with Gasteiger partial charge in [-0.15, -0.1) is 12.3 Å². The van der Waals surface area contributed by atoms with E-state index in [2.05, 4.69) is 16.3 Å². The molecule has 0 aromatic carbocycles. The van der Waals surface area contributed by atoms with Gasteiger partial charge in [0.25, 0.3) is 5.91 Å². The number of carbonyl (C=O) groups is 1. The largest absolute Gasteiger partial charge is 0.352 e. The Bertz CT molecular complexity index is 426. The van der Waals surface area contributed by atoms with Gasteiger partial charge in [-0.3, -0.25) is 9.48 Å². The second kappa shape index (κ2) is 5.36. The van der Waals surface area contributed by atoms with Crippen LogP contribution < -0.4 is 5.32 Å². The molecule has 0 radical (unpaired) electrons. The topological polar surface area (TPSA) is 46.9 Å². The number of unbranched alkanes of at least 4 members (excludes halogenated alkanes) is 1. The molecule has 0 spiro atoms. The van der Waals surface area contributed by atoms with Gasteiger partial charge < -0.3 is 5.32 Å². The third kappa shape index (κ3) is 2.63. The fourth-order valence-corrected chi connectivity index (χ4v) is 1.58. The second-order valence-corrected chi connectivity index (χ2v) is 3.73. The molecule has 0 bridgehead atoms. The van der Waals surface area contributed by atoms with Crippen LogP contribution in [0, 0.1) is 26.2 Å². The summed E-state index contributed by atoms with van der Waals surface area (Å²) >= 11 is 0. The van der Waals surface area contributed by atoms with Crippen LogP contribution in [-0.2, 0) is 7.05 Å². The van der Waals surface area contributed by atoms with Crippen molar-refractivity contribution in [3.8, 4) is 12.3 Å². The van der Waals surface area contributed by atoms with E-state index in [0.29, 0.717) is 18.5 Å². The van der Waals surface area contributed by atoms with Gasteiger partial charge in [0.2, 0.25) is 0 Å². The first kappa shape index (κ1) is 12.3. The molecule has 4 nitrogen and oxygen atoms in total. The lowest BCUT2D eigenvalue weighted by molar-refractivity contribution is 0.0952. The molecule has 1 aromatic rings. The molecule has 16 heavy (non-hydrogen) atoms. The molecule has 0 aliphatic rings. The van der Waals surface area contributed by atoms with Crippen LogP contribution in [-0.4, -0.2) is 22.2 Å². The zero-order valence-electron chi connectivity index (χ0n) is 10.0. The maximum absolute atomic E-state index is 11.8. The monoisotopic (exact) mass is 219 g/mol. The van der Waals surface area contributed by atoms with Crippen molar-refractivity contribution in [2.45, 2.75) is 26.7 Å². The van der Waals surface area contributed by atoms with Crippen molar-refractivity contribution in [3.63, 3.8) is 0 Å². The molecule has 0 atom stereocenters. The summed E-state index contributed by atoms with van der Waals surface area (Å²) in [5, 5.41) is 7.04. The van der Waals surface area contributed by atoms with Gasteiger partial charge in [-0.05, 0) is 20.3 Å². The molecule has 0 fully saturated rings. The van der Waals surface area contributed by atoms with Crippen molar-refractivity contribution < 1.29 is 4.79 Å². The zero-order chi connectivity index (χ0) is 12.1. The summed E-state index contributed by atoms with van der Waals surface area (Å²) in [5.41, 5.74) is 2.31. The summed E-state index contributed by atoms with van der Waals surface area (Å²) in [7, 11) is 1.83. The summed E-state index contributed by atoms with van der Waals surface area (Å²) in [6.45, 7) is 4.33. The van der Waals surface area contributed by atoms with Crippen molar-refractivity contribution in [3.05, 3.63) is 17.0 Å². The van der Waals surface area contributed by atoms with Gasteiger partial charge in [-0.25, -0.2) is 0 Å². The van der Waals surface area contributed by atoms with E-state index < -0.39 is 0 Å². The summed E-state index contributed by atoms with van der Waals surface area (Å²) in [5.74, 6) is 2.47. The van der Waals surface area contributed by atoms with Gasteiger partial charge in [-0.2, -0.15) is 5.10 Å². The minimum Gasteiger partial charge on any atom is -0.352 e. The Morgan fingerprint density at radius 3 is 2.75 bits per heavy atom. The fourth-order valence-electron chi connectivity index (χ4n) is 1.58. The predicted octanol–water partition coefficient (Wildman–Crippen LogP) is 1.18. The van der Waals surface area contributed by atoms with Crippen molar-refractivity contribution in [1.29, 1.82) is 0 Å². The van der Waals surface area contributed by atoms with E-state index in [1.807, 2.05) is 20.9 Å². The minimum absolute atomic E-state index is 0.0693. The summed E-state index contributed by atoms with van der Waals surface area (Å²) in [6.07, 6.45) is 6.62. The summed E-state index contributed by atoms with van der Waals surface area (Å²) < 4.78 is 1.71. The molecule has 0 unspecified atom stereocenters. The van der Waals surface area contributed by atoms with Crippen LogP contribution in [0.5, 0.6) is 0 Å². The Morgan fingerprint density at radius 2 is 2.25 bits per heavy atom. The number of hydrogen-bond donors (Lipinski definition) is 1. The first-order chi connectivity index (χ1) is 7.57. The van der Waals surface area contributed by atoms with E-state index in [1.54, 1.807) is 4.68 Å². The van der Waals surface area contributed by atoms with Crippen LogP contribution in [0.25, 0.3) is 0 Å². The number of rotatable bonds is 4. The van der Waals surface area contributed by atoms with Gasteiger partial charge in [0.1, 0.15) is 0 Å². The van der Waals surface area contributed by atoms with E-state index in [1.165, 1.54) is 0 Å². The highest BCUT2D eigenvalue weighted by molar-refractivity contribution is 5.96. The minimum atomic E-state index is -0.0693. The molecule has 1 amide bonds. The Labute approximate surface area is 96.0 Å². The van der Waals surface area contributed by atoms with Crippen LogP contribution in [0.3, 0.4) is 0 Å². The number of aromatic nitrogens is 2. The second-order valence-electron chi connectivity index (χ2n) is 3.73. The highest BCUT2D eigenvalue weighted by Crippen LogP contribution is 2.11. The quantitative estimate of drug-likeness (QED) is 0.610. The van der Waals surface area contributed by atoms with Gasteiger partial charge >= 0.3 is 0 Å². The van der Waals surface area contributed by atoms with Crippen LogP contribution in [0.2, 0.25) is 0 Å². The van der Waals surface area contributed by atoms with E-state index in [9.17, 15) is 4.79 Å². The van der Waals surface area contributed by atoms with E-state index in [-0.39, 0.29) is 5.91 Å². The molecule has 1 aromatic heterocycles. The van der Waals surface area contributed by atoms with Crippen molar-refractivity contribution >= 4 is 5.91 Å². The van der Waals surface area contributed by atoms with Crippen molar-refractivity contribution in [2.75, 3.05) is 6.54 Å². The summed E-state index contributed by atoms with van der Waals surface area (Å²) in [4.78, 5) is 11.8. The third-order valence-electron chi connectivity index (χ3n) is 2.52. The van der Waals surface area contributed by atoms with Crippen molar-refractivity contribution in [1.82, 2.24) is 15.1 Å². The van der Waals surface area contributed by atoms with Gasteiger partial charge in [0.15, 0.2) is 0 Å². The Hall–Kier alpha value is -1.76. The Kier molecular flexibility index (Phi) is 4.12. The predicted molar refractivity (Wildman–Crippen MR) is 63.1 cm³/mol. The lowest BCUT2D eigenvalue weighted by Gasteiger charge is -2.04. The molecule has 0 aliphatic heterocycles. The lowest BCUT2D eigenvalue weighted by Crippen LogP contribution is -2.25. The lowest BCUT2D eigenvalue weighted by atomic mass is 10.2. The maximum atomic E-state index is 11.8. The molecular weight excluding hydrogens is 202 g/mol. The first-order valence-electron chi connectivity index (χ1n) is 5.29. The van der Waals surface area contributed by atoms with Gasteiger partial charge in [0, 0.05) is 25.7 Å². The standard InChI is InChI=1S/C12H17N3O/c1-5-6-7-8-13-12(16)11-9(2)14-15(4)10(11)3/h1H,6-8H2,2-4H3,(H,13,16). The highest BCUT2D eigenvalue weighted by Gasteiger charge is 2.16. The average molecular weight is 219 g/mol. The SMILES string of the molecule is C#CCCCNC(=O)c1c(C)nn(C)c1C. The zero-order valence-corrected chi connectivity index (χ0v) is 10.0. The van der Waals surface area contributed by atoms with Crippen LogP contribution in [0.4, 0.5) is 0 Å². The highest BCUT2D eigenvalue weighted by atomic mass is 16.1. The molecule has 86 valence electrons. The molecule has 0 saturated heterocycles. The average Bonchev–Trinajstić information content (AvgIpc) is 2.48. The smallest absolute Gasteiger partial charge is 0.255 e. The van der Waals surface area contributed by atoms with Gasteiger partial charge in [0.05, 0.1) is 11.3 Å². The fraction of sp³-hybridized carbons (Fsp3) is 0.500. The number of carbonyl (C=O) groups excluding carboxylic acids is 1. The van der Waals surface area contributed by atoms with E-state index >= 15 is 0 Å². The molecule has 4 heteroatoms. The molecule has 1 N–H and O–H groups in total. The van der Waals surface area contributed by atoms with E-state index in [4.69, 9.17) is 6.42 Å². The third-order valence-corrected chi connectivity index (χ3v) is 2.52. The molecule has 1 heterocycles. The molecule has 0 saturated carbocycles. The number of amides is 1. The number of hydrogen-bond acceptors (Lipinski definition) is 2. The maximum Gasteiger partial charge on any atom is 0.255 e. The number of nitrogens with one attached hydrogen (secondary N) is 1. The molecule has 0 aliphatic carbocycles. The van der Waals surface area contributed by atoms with E-state index in [0.717, 1.165) is 17.8 Å². The van der Waals surface area contributed by atoms with Crippen LogP contribution in [0.15, 0.2) is 0 Å². The van der Waals surface area contributed by atoms with Crippen molar-refractivity contribution in [2.24, 2.45) is 7.05 Å². The van der Waals surface area contributed by atoms with Gasteiger partial charge in [-0.1, -0.05) is 0 Å². The first-order valence-corrected chi connectivity index (χ1v) is 5.29.